The molecule has 2 aromatic carbocycles. The fourth-order valence-corrected chi connectivity index (χ4v) is 2.42. The van der Waals surface area contributed by atoms with Crippen molar-refractivity contribution >= 4 is 33.4 Å². The predicted octanol–water partition coefficient (Wildman–Crippen LogP) is 2.72. The van der Waals surface area contributed by atoms with Crippen molar-refractivity contribution in [2.75, 3.05) is 18.5 Å². The smallest absolute Gasteiger partial charge is 0.270 e. The van der Waals surface area contributed by atoms with Gasteiger partial charge in [0.2, 0.25) is 0 Å². The van der Waals surface area contributed by atoms with Crippen LogP contribution < -0.4 is 20.9 Å². The number of ether oxygens (including phenoxy) is 1. The maximum absolute atomic E-state index is 12.0. The second kappa shape index (κ2) is 8.93. The van der Waals surface area contributed by atoms with Crippen molar-refractivity contribution in [1.29, 1.82) is 0 Å². The van der Waals surface area contributed by atoms with Crippen LogP contribution in [-0.4, -0.2) is 25.0 Å². The van der Waals surface area contributed by atoms with Gasteiger partial charge in [-0.25, -0.2) is 0 Å². The van der Waals surface area contributed by atoms with Crippen molar-refractivity contribution in [3.8, 4) is 5.75 Å². The average Bonchev–Trinajstić information content (AvgIpc) is 2.59. The molecule has 0 fully saturated rings. The summed E-state index contributed by atoms with van der Waals surface area (Å²) in [5.74, 6) is -0.0997. The third-order valence-electron chi connectivity index (χ3n) is 3.06. The van der Waals surface area contributed by atoms with E-state index < -0.39 is 5.91 Å². The van der Waals surface area contributed by atoms with Crippen molar-refractivity contribution in [3.63, 3.8) is 0 Å². The minimum absolute atomic E-state index is 0.000324. The number of hydrogen-bond acceptors (Lipinski definition) is 4. The quantitative estimate of drug-likeness (QED) is 0.661. The molecule has 2 amide bonds. The Bertz CT molecular complexity index is 722. The number of carbonyl (C=O) groups is 2. The minimum atomic E-state index is -0.398. The van der Waals surface area contributed by atoms with Crippen LogP contribution in [0.5, 0.6) is 5.75 Å². The number of nitrogens with one attached hydrogen (secondary N) is 3. The Morgan fingerprint density at radius 1 is 1.04 bits per heavy atom. The predicted molar refractivity (Wildman–Crippen MR) is 95.9 cm³/mol. The van der Waals surface area contributed by atoms with Crippen LogP contribution in [0.25, 0.3) is 0 Å². The summed E-state index contributed by atoms with van der Waals surface area (Å²) in [5.41, 5.74) is 5.90. The van der Waals surface area contributed by atoms with Gasteiger partial charge in [-0.2, -0.15) is 0 Å². The highest BCUT2D eigenvalue weighted by Crippen LogP contribution is 2.23. The number of carbonyl (C=O) groups excluding carboxylic acids is 2. The summed E-state index contributed by atoms with van der Waals surface area (Å²) >= 11 is 3.29. The summed E-state index contributed by atoms with van der Waals surface area (Å²) in [7, 11) is 0. The lowest BCUT2D eigenvalue weighted by Gasteiger charge is -2.12. The second-order valence-corrected chi connectivity index (χ2v) is 5.62. The van der Waals surface area contributed by atoms with Gasteiger partial charge in [0.15, 0.2) is 0 Å². The van der Waals surface area contributed by atoms with Gasteiger partial charge in [-0.3, -0.25) is 20.4 Å². The first-order valence-corrected chi connectivity index (χ1v) is 8.20. The van der Waals surface area contributed by atoms with Gasteiger partial charge in [-0.15, -0.1) is 0 Å². The van der Waals surface area contributed by atoms with Gasteiger partial charge in [-0.05, 0) is 47.1 Å². The lowest BCUT2D eigenvalue weighted by molar-refractivity contribution is -0.120. The van der Waals surface area contributed by atoms with E-state index in [0.29, 0.717) is 28.1 Å². The Morgan fingerprint density at radius 2 is 1.75 bits per heavy atom. The van der Waals surface area contributed by atoms with Crippen LogP contribution >= 0.6 is 15.9 Å². The summed E-state index contributed by atoms with van der Waals surface area (Å²) in [5, 5.41) is 2.98. The summed E-state index contributed by atoms with van der Waals surface area (Å²) in [6, 6.07) is 14.3. The van der Waals surface area contributed by atoms with E-state index in [-0.39, 0.29) is 12.5 Å². The summed E-state index contributed by atoms with van der Waals surface area (Å²) in [6.07, 6.45) is 0. The maximum Gasteiger partial charge on any atom is 0.270 e. The number of halogens is 1. The molecule has 6 nitrogen and oxygen atoms in total. The zero-order valence-electron chi connectivity index (χ0n) is 13.1. The van der Waals surface area contributed by atoms with Crippen molar-refractivity contribution < 1.29 is 14.3 Å². The first-order chi connectivity index (χ1) is 11.6. The second-order valence-electron chi connectivity index (χ2n) is 4.76. The van der Waals surface area contributed by atoms with Crippen LogP contribution in [0.4, 0.5) is 5.69 Å². The van der Waals surface area contributed by atoms with E-state index in [1.165, 1.54) is 0 Å². The summed E-state index contributed by atoms with van der Waals surface area (Å²) < 4.78 is 6.12. The van der Waals surface area contributed by atoms with Crippen LogP contribution in [0, 0.1) is 0 Å². The highest BCUT2D eigenvalue weighted by atomic mass is 79.9. The van der Waals surface area contributed by atoms with Crippen LogP contribution in [0.3, 0.4) is 0 Å². The SMILES string of the molecule is CCOc1ccccc1NCC(=O)NNC(=O)c1ccccc1Br. The van der Waals surface area contributed by atoms with E-state index in [0.717, 1.165) is 0 Å². The molecule has 7 heteroatoms. The zero-order chi connectivity index (χ0) is 17.4. The van der Waals surface area contributed by atoms with E-state index in [4.69, 9.17) is 4.74 Å². The monoisotopic (exact) mass is 391 g/mol. The molecule has 0 heterocycles. The number of anilines is 1. The van der Waals surface area contributed by atoms with Crippen LogP contribution in [0.2, 0.25) is 0 Å². The molecule has 0 spiro atoms. The van der Waals surface area contributed by atoms with E-state index in [2.05, 4.69) is 32.1 Å². The minimum Gasteiger partial charge on any atom is -0.492 e. The van der Waals surface area contributed by atoms with Gasteiger partial charge in [0, 0.05) is 4.47 Å². The number of amides is 2. The molecule has 0 saturated heterocycles. The molecule has 2 aromatic rings. The van der Waals surface area contributed by atoms with Gasteiger partial charge in [0.25, 0.3) is 11.8 Å². The van der Waals surface area contributed by atoms with E-state index in [1.54, 1.807) is 24.3 Å². The average molecular weight is 392 g/mol. The Morgan fingerprint density at radius 3 is 2.50 bits per heavy atom. The number of rotatable bonds is 6. The third kappa shape index (κ3) is 4.99. The van der Waals surface area contributed by atoms with Crippen LogP contribution in [0.15, 0.2) is 53.0 Å². The molecule has 0 unspecified atom stereocenters. The molecule has 0 aromatic heterocycles. The fourth-order valence-electron chi connectivity index (χ4n) is 1.95. The zero-order valence-corrected chi connectivity index (χ0v) is 14.7. The molecule has 0 radical (unpaired) electrons. The first kappa shape index (κ1) is 17.8. The van der Waals surface area contributed by atoms with Crippen molar-refractivity contribution in [3.05, 3.63) is 58.6 Å². The standard InChI is InChI=1S/C17H18BrN3O3/c1-2-24-15-10-6-5-9-14(15)19-11-16(22)20-21-17(23)12-7-3-4-8-13(12)18/h3-10,19H,2,11H2,1H3,(H,20,22)(H,21,23). The number of hydrogen-bond donors (Lipinski definition) is 3. The highest BCUT2D eigenvalue weighted by molar-refractivity contribution is 9.10. The van der Waals surface area contributed by atoms with Gasteiger partial charge in [0.1, 0.15) is 5.75 Å². The molecule has 126 valence electrons. The number of hydrazine groups is 1. The maximum atomic E-state index is 12.0. The molecule has 3 N–H and O–H groups in total. The van der Waals surface area contributed by atoms with E-state index in [9.17, 15) is 9.59 Å². The van der Waals surface area contributed by atoms with E-state index in [1.807, 2.05) is 31.2 Å². The fraction of sp³-hybridized carbons (Fsp3) is 0.176. The topological polar surface area (TPSA) is 79.5 Å². The van der Waals surface area contributed by atoms with Crippen molar-refractivity contribution in [1.82, 2.24) is 10.9 Å². The van der Waals surface area contributed by atoms with Crippen molar-refractivity contribution in [2.24, 2.45) is 0 Å². The van der Waals surface area contributed by atoms with Gasteiger partial charge >= 0.3 is 0 Å². The molecule has 0 saturated carbocycles. The largest absolute Gasteiger partial charge is 0.492 e. The number of benzene rings is 2. The molecule has 0 atom stereocenters. The van der Waals surface area contributed by atoms with Crippen LogP contribution in [-0.2, 0) is 4.79 Å². The van der Waals surface area contributed by atoms with Gasteiger partial charge in [0.05, 0.1) is 24.4 Å². The summed E-state index contributed by atoms with van der Waals surface area (Å²) in [6.45, 7) is 2.42. The Balaban J connectivity index is 1.84. The van der Waals surface area contributed by atoms with E-state index >= 15 is 0 Å². The van der Waals surface area contributed by atoms with Crippen LogP contribution in [0.1, 0.15) is 17.3 Å². The lowest BCUT2D eigenvalue weighted by atomic mass is 10.2. The molecular formula is C17H18BrN3O3. The normalized spacial score (nSPS) is 9.92. The van der Waals surface area contributed by atoms with Gasteiger partial charge < -0.3 is 10.1 Å². The lowest BCUT2D eigenvalue weighted by Crippen LogP contribution is -2.44. The molecule has 0 bridgehead atoms. The number of para-hydroxylation sites is 2. The highest BCUT2D eigenvalue weighted by Gasteiger charge is 2.10. The molecular weight excluding hydrogens is 374 g/mol. The molecule has 0 aliphatic heterocycles. The third-order valence-corrected chi connectivity index (χ3v) is 3.75. The Hall–Kier alpha value is -2.54. The Labute approximate surface area is 148 Å². The first-order valence-electron chi connectivity index (χ1n) is 7.41. The molecule has 2 rings (SSSR count). The van der Waals surface area contributed by atoms with Gasteiger partial charge in [-0.1, -0.05) is 24.3 Å². The molecule has 0 aliphatic rings. The Kier molecular flexibility index (Phi) is 6.62. The summed E-state index contributed by atoms with van der Waals surface area (Å²) in [4.78, 5) is 23.9. The van der Waals surface area contributed by atoms with Crippen molar-refractivity contribution in [2.45, 2.75) is 6.92 Å². The molecule has 24 heavy (non-hydrogen) atoms. The molecule has 0 aliphatic carbocycles.